The van der Waals surface area contributed by atoms with Crippen LogP contribution in [0.2, 0.25) is 0 Å². The molecular weight excluding hydrogens is 332 g/mol. The first-order valence-corrected chi connectivity index (χ1v) is 9.78. The van der Waals surface area contributed by atoms with Gasteiger partial charge in [-0.25, -0.2) is 12.8 Å². The lowest BCUT2D eigenvalue weighted by Gasteiger charge is -2.32. The van der Waals surface area contributed by atoms with Gasteiger partial charge >= 0.3 is 7.12 Å². The molecule has 1 fully saturated rings. The van der Waals surface area contributed by atoms with E-state index in [1.807, 2.05) is 34.6 Å². The molecule has 0 atom stereocenters. The average molecular weight is 357 g/mol. The van der Waals surface area contributed by atoms with Gasteiger partial charge in [0, 0.05) is 0 Å². The molecule has 5 nitrogen and oxygen atoms in total. The third kappa shape index (κ3) is 4.10. The summed E-state index contributed by atoms with van der Waals surface area (Å²) in [4.78, 5) is 0. The average Bonchev–Trinajstić information content (AvgIpc) is 2.67. The molecule has 8 heteroatoms. The van der Waals surface area contributed by atoms with Crippen LogP contribution >= 0.6 is 0 Å². The van der Waals surface area contributed by atoms with Crippen LogP contribution < -0.4 is 10.2 Å². The van der Waals surface area contributed by atoms with Gasteiger partial charge < -0.3 is 9.31 Å². The zero-order valence-electron chi connectivity index (χ0n) is 14.8. The van der Waals surface area contributed by atoms with Crippen molar-refractivity contribution in [3.63, 3.8) is 0 Å². The van der Waals surface area contributed by atoms with Gasteiger partial charge in [0.2, 0.25) is 10.0 Å². The Hall–Kier alpha value is -1.12. The fourth-order valence-electron chi connectivity index (χ4n) is 2.29. The molecule has 1 aromatic rings. The van der Waals surface area contributed by atoms with Crippen molar-refractivity contribution in [3.05, 3.63) is 24.0 Å². The monoisotopic (exact) mass is 357 g/mol. The maximum absolute atomic E-state index is 14.3. The van der Waals surface area contributed by atoms with Crippen LogP contribution in [-0.4, -0.2) is 32.5 Å². The number of unbranched alkanes of at least 4 members (excludes halogenated alkanes) is 1. The van der Waals surface area contributed by atoms with E-state index in [0.717, 1.165) is 6.42 Å². The van der Waals surface area contributed by atoms with Crippen molar-refractivity contribution in [2.24, 2.45) is 0 Å². The molecular formula is C16H25BFNO4S. The Morgan fingerprint density at radius 1 is 1.17 bits per heavy atom. The molecule has 1 saturated heterocycles. The number of hydrogen-bond acceptors (Lipinski definition) is 4. The molecule has 2 rings (SSSR count). The van der Waals surface area contributed by atoms with Crippen LogP contribution in [0, 0.1) is 5.82 Å². The molecule has 1 heterocycles. The summed E-state index contributed by atoms with van der Waals surface area (Å²) >= 11 is 0. The minimum absolute atomic E-state index is 0.0259. The van der Waals surface area contributed by atoms with E-state index in [4.69, 9.17) is 9.31 Å². The molecule has 24 heavy (non-hydrogen) atoms. The van der Waals surface area contributed by atoms with E-state index < -0.39 is 34.2 Å². The summed E-state index contributed by atoms with van der Waals surface area (Å²) in [5.74, 6) is -0.677. The first-order valence-electron chi connectivity index (χ1n) is 8.13. The van der Waals surface area contributed by atoms with Gasteiger partial charge in [0.15, 0.2) is 0 Å². The lowest BCUT2D eigenvalue weighted by Crippen LogP contribution is -2.41. The molecule has 0 aliphatic carbocycles. The predicted molar refractivity (Wildman–Crippen MR) is 94.4 cm³/mol. The van der Waals surface area contributed by atoms with Crippen molar-refractivity contribution in [2.75, 3.05) is 10.5 Å². The van der Waals surface area contributed by atoms with Gasteiger partial charge in [-0.1, -0.05) is 19.4 Å². The normalized spacial score (nSPS) is 19.5. The van der Waals surface area contributed by atoms with Crippen molar-refractivity contribution < 1.29 is 22.1 Å². The summed E-state index contributed by atoms with van der Waals surface area (Å²) in [7, 11) is -4.23. The molecule has 0 spiro atoms. The van der Waals surface area contributed by atoms with Crippen LogP contribution in [0.25, 0.3) is 0 Å². The predicted octanol–water partition coefficient (Wildman–Crippen LogP) is 2.67. The van der Waals surface area contributed by atoms with Crippen molar-refractivity contribution in [2.45, 2.75) is 58.7 Å². The number of halogens is 1. The SMILES string of the molecule is CCCCS(=O)(=O)Nc1ccc(B2OC(C)(C)C(C)(C)O2)cc1F. The lowest BCUT2D eigenvalue weighted by atomic mass is 9.79. The molecule has 0 amide bonds. The summed E-state index contributed by atoms with van der Waals surface area (Å²) in [6, 6.07) is 4.27. The topological polar surface area (TPSA) is 64.6 Å². The number of benzene rings is 1. The molecule has 0 bridgehead atoms. The molecule has 1 N–H and O–H groups in total. The Morgan fingerprint density at radius 2 is 1.75 bits per heavy atom. The number of rotatable bonds is 6. The van der Waals surface area contributed by atoms with Gasteiger partial charge in [-0.2, -0.15) is 0 Å². The van der Waals surface area contributed by atoms with E-state index in [0.29, 0.717) is 11.9 Å². The highest BCUT2D eigenvalue weighted by molar-refractivity contribution is 7.92. The summed E-state index contributed by atoms with van der Waals surface area (Å²) in [6.07, 6.45) is 1.28. The van der Waals surface area contributed by atoms with Crippen molar-refractivity contribution in [1.82, 2.24) is 0 Å². The minimum Gasteiger partial charge on any atom is -0.399 e. The molecule has 0 unspecified atom stereocenters. The smallest absolute Gasteiger partial charge is 0.399 e. The summed E-state index contributed by atoms with van der Waals surface area (Å²) in [5.41, 5.74) is -0.586. The zero-order chi connectivity index (χ0) is 18.2. The van der Waals surface area contributed by atoms with Gasteiger partial charge in [-0.05, 0) is 51.7 Å². The minimum atomic E-state index is -3.54. The van der Waals surface area contributed by atoms with Gasteiger partial charge in [-0.3, -0.25) is 4.72 Å². The number of nitrogens with one attached hydrogen (secondary N) is 1. The van der Waals surface area contributed by atoms with E-state index in [1.54, 1.807) is 6.07 Å². The second-order valence-corrected chi connectivity index (χ2v) is 8.94. The highest BCUT2D eigenvalue weighted by Gasteiger charge is 2.51. The van der Waals surface area contributed by atoms with Crippen LogP contribution in [0.15, 0.2) is 18.2 Å². The van der Waals surface area contributed by atoms with Crippen LogP contribution in [0.5, 0.6) is 0 Å². The second kappa shape index (κ2) is 6.65. The highest BCUT2D eigenvalue weighted by Crippen LogP contribution is 2.36. The standard InChI is InChI=1S/C16H25BFNO4S/c1-6-7-10-24(20,21)19-14-9-8-12(11-13(14)18)17-22-15(2,3)16(4,5)23-17/h8-9,11,19H,6-7,10H2,1-5H3. The Kier molecular flexibility index (Phi) is 5.32. The van der Waals surface area contributed by atoms with Gasteiger partial charge in [0.25, 0.3) is 0 Å². The van der Waals surface area contributed by atoms with Crippen LogP contribution in [0.3, 0.4) is 0 Å². The zero-order valence-corrected chi connectivity index (χ0v) is 15.7. The van der Waals surface area contributed by atoms with Crippen LogP contribution in [0.4, 0.5) is 10.1 Å². The maximum atomic E-state index is 14.3. The molecule has 134 valence electrons. The molecule has 1 aromatic carbocycles. The summed E-state index contributed by atoms with van der Waals surface area (Å²) in [6.45, 7) is 9.56. The van der Waals surface area contributed by atoms with Gasteiger partial charge in [0.1, 0.15) is 5.82 Å². The van der Waals surface area contributed by atoms with E-state index in [2.05, 4.69) is 4.72 Å². The Morgan fingerprint density at radius 3 is 2.25 bits per heavy atom. The fourth-order valence-corrected chi connectivity index (χ4v) is 3.56. The molecule has 0 aromatic heterocycles. The number of hydrogen-bond donors (Lipinski definition) is 1. The quantitative estimate of drug-likeness (QED) is 0.795. The van der Waals surface area contributed by atoms with E-state index in [9.17, 15) is 12.8 Å². The van der Waals surface area contributed by atoms with Crippen molar-refractivity contribution in [1.29, 1.82) is 0 Å². The molecule has 0 saturated carbocycles. The first-order chi connectivity index (χ1) is 11.0. The Labute approximate surface area is 144 Å². The van der Waals surface area contributed by atoms with Gasteiger partial charge in [0.05, 0.1) is 22.6 Å². The van der Waals surface area contributed by atoms with Crippen LogP contribution in [-0.2, 0) is 19.3 Å². The second-order valence-electron chi connectivity index (χ2n) is 7.10. The molecule has 0 radical (unpaired) electrons. The fraction of sp³-hybridized carbons (Fsp3) is 0.625. The molecule has 1 aliphatic rings. The van der Waals surface area contributed by atoms with E-state index in [-0.39, 0.29) is 11.4 Å². The summed E-state index contributed by atoms with van der Waals surface area (Å²) < 4.78 is 52.1. The number of sulfonamides is 1. The Bertz CT molecular complexity index is 690. The van der Waals surface area contributed by atoms with Crippen molar-refractivity contribution in [3.8, 4) is 0 Å². The lowest BCUT2D eigenvalue weighted by molar-refractivity contribution is 0.00578. The summed E-state index contributed by atoms with van der Waals surface area (Å²) in [5, 5.41) is 0. The largest absolute Gasteiger partial charge is 0.494 e. The molecule has 1 aliphatic heterocycles. The van der Waals surface area contributed by atoms with E-state index in [1.165, 1.54) is 12.1 Å². The Balaban J connectivity index is 2.17. The third-order valence-electron chi connectivity index (χ3n) is 4.55. The number of anilines is 1. The van der Waals surface area contributed by atoms with E-state index >= 15 is 0 Å². The maximum Gasteiger partial charge on any atom is 0.494 e. The van der Waals surface area contributed by atoms with Crippen molar-refractivity contribution >= 4 is 28.3 Å². The van der Waals surface area contributed by atoms with Gasteiger partial charge in [-0.15, -0.1) is 0 Å². The third-order valence-corrected chi connectivity index (χ3v) is 5.91. The van der Waals surface area contributed by atoms with Crippen LogP contribution in [0.1, 0.15) is 47.5 Å². The first kappa shape index (κ1) is 19.2. The highest BCUT2D eigenvalue weighted by atomic mass is 32.2.